The topological polar surface area (TPSA) is 50.8 Å². The Labute approximate surface area is 170 Å². The van der Waals surface area contributed by atoms with E-state index < -0.39 is 12.8 Å². The number of ether oxygens (including phenoxy) is 2. The van der Waals surface area contributed by atoms with Crippen LogP contribution in [-0.2, 0) is 27.4 Å². The van der Waals surface area contributed by atoms with E-state index in [0.29, 0.717) is 25.2 Å². The minimum absolute atomic E-state index is 0.0288. The van der Waals surface area contributed by atoms with Crippen LogP contribution in [0.3, 0.4) is 0 Å². The van der Waals surface area contributed by atoms with Gasteiger partial charge in [-0.3, -0.25) is 9.69 Å². The van der Waals surface area contributed by atoms with Crippen molar-refractivity contribution in [3.8, 4) is 0 Å². The molecule has 0 saturated carbocycles. The number of hydrogen-bond acceptors (Lipinski definition) is 4. The van der Waals surface area contributed by atoms with Crippen LogP contribution in [0.5, 0.6) is 0 Å². The van der Waals surface area contributed by atoms with E-state index in [1.165, 1.54) is 0 Å². The van der Waals surface area contributed by atoms with Crippen molar-refractivity contribution in [1.82, 2.24) is 10.2 Å². The van der Waals surface area contributed by atoms with E-state index in [4.69, 9.17) is 4.74 Å². The first kappa shape index (κ1) is 23.6. The van der Waals surface area contributed by atoms with Crippen LogP contribution in [0.15, 0.2) is 24.3 Å². The number of rotatable bonds is 8. The van der Waals surface area contributed by atoms with Gasteiger partial charge in [-0.1, -0.05) is 38.1 Å². The van der Waals surface area contributed by atoms with E-state index in [1.807, 2.05) is 27.7 Å². The second-order valence-electron chi connectivity index (χ2n) is 8.04. The lowest BCUT2D eigenvalue weighted by molar-refractivity contribution is -0.176. The molecule has 1 heterocycles. The first-order valence-electron chi connectivity index (χ1n) is 9.94. The van der Waals surface area contributed by atoms with Gasteiger partial charge in [-0.15, -0.1) is 0 Å². The minimum atomic E-state index is -4.33. The number of halogens is 3. The fraction of sp³-hybridized carbons (Fsp3) is 0.667. The number of benzene rings is 1. The summed E-state index contributed by atoms with van der Waals surface area (Å²) in [6.07, 6.45) is -4.16. The van der Waals surface area contributed by atoms with Crippen LogP contribution in [0.25, 0.3) is 0 Å². The van der Waals surface area contributed by atoms with Crippen molar-refractivity contribution in [2.45, 2.75) is 65.3 Å². The second-order valence-corrected chi connectivity index (χ2v) is 8.04. The number of hydrogen-bond donors (Lipinski definition) is 1. The Morgan fingerprint density at radius 2 is 1.72 bits per heavy atom. The predicted octanol–water partition coefficient (Wildman–Crippen LogP) is 3.52. The maximum atomic E-state index is 12.9. The molecule has 8 heteroatoms. The molecule has 1 saturated heterocycles. The molecule has 0 aromatic heterocycles. The fourth-order valence-corrected chi connectivity index (χ4v) is 3.67. The van der Waals surface area contributed by atoms with Crippen molar-refractivity contribution < 1.29 is 27.4 Å². The third kappa shape index (κ3) is 7.95. The zero-order chi connectivity index (χ0) is 21.6. The van der Waals surface area contributed by atoms with Gasteiger partial charge in [0.1, 0.15) is 6.61 Å². The summed E-state index contributed by atoms with van der Waals surface area (Å²) in [7, 11) is 0. The fourth-order valence-electron chi connectivity index (χ4n) is 3.67. The van der Waals surface area contributed by atoms with E-state index in [1.54, 1.807) is 24.3 Å². The number of nitrogens with zero attached hydrogens (tertiary/aromatic N) is 1. The van der Waals surface area contributed by atoms with Gasteiger partial charge in [-0.05, 0) is 30.9 Å². The maximum Gasteiger partial charge on any atom is 0.411 e. The third-order valence-corrected chi connectivity index (χ3v) is 4.77. The smallest absolute Gasteiger partial charge is 0.373 e. The first-order chi connectivity index (χ1) is 13.5. The summed E-state index contributed by atoms with van der Waals surface area (Å²) in [5, 5.41) is 2.99. The molecule has 0 unspecified atom stereocenters. The zero-order valence-electron chi connectivity index (χ0n) is 17.5. The van der Waals surface area contributed by atoms with Crippen LogP contribution >= 0.6 is 0 Å². The lowest BCUT2D eigenvalue weighted by Gasteiger charge is -2.41. The van der Waals surface area contributed by atoms with Crippen LogP contribution in [0.4, 0.5) is 13.2 Å². The molecule has 2 rings (SSSR count). The Hall–Kier alpha value is -1.64. The lowest BCUT2D eigenvalue weighted by atomic mass is 9.99. The summed E-state index contributed by atoms with van der Waals surface area (Å²) in [5.41, 5.74) is 1.53. The predicted molar refractivity (Wildman–Crippen MR) is 104 cm³/mol. The average Bonchev–Trinajstić information content (AvgIpc) is 2.59. The zero-order valence-corrected chi connectivity index (χ0v) is 17.5. The van der Waals surface area contributed by atoms with Gasteiger partial charge in [-0.2, -0.15) is 13.2 Å². The molecule has 0 bridgehead atoms. The standard InChI is InChI=1S/C21H31F3N2O3/c1-14(2)19(26-10-15(3)29-16(4)11-26)20(27)25-9-17-5-7-18(8-6-17)12-28-13-21(22,23)24/h5-8,14-16,19H,9-13H2,1-4H3,(H,25,27)/t15-,16-,19+/m1/s1. The minimum Gasteiger partial charge on any atom is -0.373 e. The van der Waals surface area contributed by atoms with Gasteiger partial charge in [0.25, 0.3) is 0 Å². The second kappa shape index (κ2) is 10.4. The van der Waals surface area contributed by atoms with E-state index in [0.717, 1.165) is 5.56 Å². The summed E-state index contributed by atoms with van der Waals surface area (Å²) >= 11 is 0. The first-order valence-corrected chi connectivity index (χ1v) is 9.94. The van der Waals surface area contributed by atoms with Crippen molar-refractivity contribution in [2.75, 3.05) is 19.7 Å². The molecular formula is C21H31F3N2O3. The Bertz CT molecular complexity index is 640. The molecule has 1 aromatic carbocycles. The molecule has 1 aromatic rings. The van der Waals surface area contributed by atoms with Crippen LogP contribution in [0.2, 0.25) is 0 Å². The number of carbonyl (C=O) groups is 1. The van der Waals surface area contributed by atoms with Crippen molar-refractivity contribution in [2.24, 2.45) is 5.92 Å². The highest BCUT2D eigenvalue weighted by Crippen LogP contribution is 2.19. The molecule has 1 amide bonds. The van der Waals surface area contributed by atoms with Gasteiger partial charge in [0, 0.05) is 19.6 Å². The molecule has 1 aliphatic rings. The summed E-state index contributed by atoms with van der Waals surface area (Å²) in [6, 6.07) is 6.76. The van der Waals surface area contributed by atoms with E-state index in [2.05, 4.69) is 15.0 Å². The van der Waals surface area contributed by atoms with Crippen LogP contribution in [0, 0.1) is 5.92 Å². The maximum absolute atomic E-state index is 12.9. The normalized spacial score (nSPS) is 21.9. The molecule has 1 N–H and O–H groups in total. The van der Waals surface area contributed by atoms with E-state index >= 15 is 0 Å². The summed E-state index contributed by atoms with van der Waals surface area (Å²) in [4.78, 5) is 15.0. The van der Waals surface area contributed by atoms with Crippen LogP contribution < -0.4 is 5.32 Å². The monoisotopic (exact) mass is 416 g/mol. The van der Waals surface area contributed by atoms with E-state index in [-0.39, 0.29) is 36.7 Å². The molecule has 0 radical (unpaired) electrons. The summed E-state index contributed by atoms with van der Waals surface area (Å²) in [5.74, 6) is 0.125. The molecule has 5 nitrogen and oxygen atoms in total. The van der Waals surface area contributed by atoms with Crippen molar-refractivity contribution in [1.29, 1.82) is 0 Å². The lowest BCUT2D eigenvalue weighted by Crippen LogP contribution is -2.56. The summed E-state index contributed by atoms with van der Waals surface area (Å²) < 4.78 is 46.8. The highest BCUT2D eigenvalue weighted by Gasteiger charge is 2.34. The highest BCUT2D eigenvalue weighted by molar-refractivity contribution is 5.82. The van der Waals surface area contributed by atoms with Gasteiger partial charge in [0.05, 0.1) is 24.9 Å². The Kier molecular flexibility index (Phi) is 8.48. The Balaban J connectivity index is 1.87. The third-order valence-electron chi connectivity index (χ3n) is 4.77. The number of nitrogens with one attached hydrogen (secondary N) is 1. The van der Waals surface area contributed by atoms with Gasteiger partial charge in [-0.25, -0.2) is 0 Å². The number of carbonyl (C=O) groups excluding carboxylic acids is 1. The Morgan fingerprint density at radius 3 is 2.24 bits per heavy atom. The number of alkyl halides is 3. The number of amides is 1. The molecule has 1 aliphatic heterocycles. The van der Waals surface area contributed by atoms with E-state index in [9.17, 15) is 18.0 Å². The van der Waals surface area contributed by atoms with Crippen molar-refractivity contribution in [3.05, 3.63) is 35.4 Å². The largest absolute Gasteiger partial charge is 0.411 e. The molecule has 1 fully saturated rings. The SMILES string of the molecule is CC(C)[C@@H](C(=O)NCc1ccc(COCC(F)(F)F)cc1)N1C[C@@H](C)O[C@H](C)C1. The molecular weight excluding hydrogens is 385 g/mol. The molecule has 29 heavy (non-hydrogen) atoms. The number of morpholine rings is 1. The van der Waals surface area contributed by atoms with Crippen molar-refractivity contribution in [3.63, 3.8) is 0 Å². The van der Waals surface area contributed by atoms with Gasteiger partial charge < -0.3 is 14.8 Å². The van der Waals surface area contributed by atoms with Gasteiger partial charge >= 0.3 is 6.18 Å². The molecule has 0 spiro atoms. The average molecular weight is 416 g/mol. The van der Waals surface area contributed by atoms with Crippen molar-refractivity contribution >= 4 is 5.91 Å². The van der Waals surface area contributed by atoms with Crippen LogP contribution in [-0.4, -0.2) is 54.9 Å². The molecule has 0 aliphatic carbocycles. The van der Waals surface area contributed by atoms with Gasteiger partial charge in [0.2, 0.25) is 5.91 Å². The van der Waals surface area contributed by atoms with Gasteiger partial charge in [0.15, 0.2) is 0 Å². The Morgan fingerprint density at radius 1 is 1.17 bits per heavy atom. The summed E-state index contributed by atoms with van der Waals surface area (Å²) in [6.45, 7) is 8.52. The quantitative estimate of drug-likeness (QED) is 0.705. The molecule has 3 atom stereocenters. The van der Waals surface area contributed by atoms with Crippen LogP contribution in [0.1, 0.15) is 38.8 Å². The highest BCUT2D eigenvalue weighted by atomic mass is 19.4. The molecule has 164 valence electrons.